The fourth-order valence-corrected chi connectivity index (χ4v) is 5.52. The number of fused-ring (bicyclic) bond motifs is 1. The lowest BCUT2D eigenvalue weighted by molar-refractivity contribution is -0.113. The average Bonchev–Trinajstić information content (AvgIpc) is 3.38. The van der Waals surface area contributed by atoms with Crippen LogP contribution in [0.5, 0.6) is 11.5 Å². The van der Waals surface area contributed by atoms with Crippen molar-refractivity contribution >= 4 is 29.3 Å². The summed E-state index contributed by atoms with van der Waals surface area (Å²) in [4.78, 5) is 18.7. The second kappa shape index (κ2) is 12.5. The molecule has 1 aliphatic rings. The van der Waals surface area contributed by atoms with Crippen molar-refractivity contribution in [2.45, 2.75) is 51.9 Å². The topological polar surface area (TPSA) is 90.3 Å². The summed E-state index contributed by atoms with van der Waals surface area (Å²) >= 11 is 1.60. The van der Waals surface area contributed by atoms with Crippen molar-refractivity contribution in [2.24, 2.45) is 0 Å². The number of anilines is 2. The number of hydrogen-bond acceptors (Lipinski definition) is 7. The molecule has 1 atom stereocenters. The SMILES string of the molecule is CCCSc1nc2n(n1)C(c1ccc(OCc3ccccc3)c(OC)c1)C(C(=O)Nc1ccc(C)cc1C)=C(C)N2. The molecule has 0 aliphatic carbocycles. The minimum atomic E-state index is -0.530. The Morgan fingerprint density at radius 1 is 1.05 bits per heavy atom. The van der Waals surface area contributed by atoms with E-state index in [-0.39, 0.29) is 5.91 Å². The van der Waals surface area contributed by atoms with Crippen molar-refractivity contribution in [3.63, 3.8) is 0 Å². The zero-order valence-electron chi connectivity index (χ0n) is 24.0. The summed E-state index contributed by atoms with van der Waals surface area (Å²) in [7, 11) is 1.62. The Bertz CT molecular complexity index is 1580. The maximum atomic E-state index is 13.9. The largest absolute Gasteiger partial charge is 0.493 e. The summed E-state index contributed by atoms with van der Waals surface area (Å²) in [5.41, 5.74) is 6.06. The third-order valence-electron chi connectivity index (χ3n) is 6.88. The molecule has 0 saturated heterocycles. The molecule has 0 radical (unpaired) electrons. The van der Waals surface area contributed by atoms with E-state index in [0.717, 1.165) is 40.1 Å². The smallest absolute Gasteiger partial charge is 0.255 e. The van der Waals surface area contributed by atoms with Crippen LogP contribution in [0.2, 0.25) is 0 Å². The molecule has 1 aliphatic heterocycles. The van der Waals surface area contributed by atoms with Crippen LogP contribution in [0.15, 0.2) is 83.2 Å². The van der Waals surface area contributed by atoms with Gasteiger partial charge in [-0.2, -0.15) is 4.98 Å². The Kier molecular flexibility index (Phi) is 8.64. The van der Waals surface area contributed by atoms with Gasteiger partial charge in [0.15, 0.2) is 11.5 Å². The maximum absolute atomic E-state index is 13.9. The van der Waals surface area contributed by atoms with Crippen LogP contribution in [0, 0.1) is 13.8 Å². The molecule has 1 aromatic heterocycles. The van der Waals surface area contributed by atoms with Gasteiger partial charge in [-0.1, -0.05) is 72.8 Å². The number of hydrogen-bond donors (Lipinski definition) is 2. The van der Waals surface area contributed by atoms with E-state index in [1.807, 2.05) is 81.4 Å². The first-order chi connectivity index (χ1) is 19.9. The van der Waals surface area contributed by atoms with Crippen molar-refractivity contribution in [2.75, 3.05) is 23.5 Å². The molecule has 9 heteroatoms. The molecule has 41 heavy (non-hydrogen) atoms. The highest BCUT2D eigenvalue weighted by Crippen LogP contribution is 2.40. The standard InChI is InChI=1S/C32H35N5O3S/c1-6-16-41-32-35-31-33-22(4)28(30(38)34-25-14-12-20(2)17-21(25)3)29(37(31)36-32)24-13-15-26(27(18-24)39-5)40-19-23-10-8-7-9-11-23/h7-15,17-18,29H,6,16,19H2,1-5H3,(H,34,38)(H,33,35,36). The van der Waals surface area contributed by atoms with Crippen molar-refractivity contribution < 1.29 is 14.3 Å². The molecule has 3 aromatic carbocycles. The summed E-state index contributed by atoms with van der Waals surface area (Å²) in [5.74, 6) is 2.48. The minimum Gasteiger partial charge on any atom is -0.493 e. The molecule has 212 valence electrons. The molecule has 2 heterocycles. The Balaban J connectivity index is 1.52. The van der Waals surface area contributed by atoms with Gasteiger partial charge >= 0.3 is 0 Å². The van der Waals surface area contributed by atoms with Crippen molar-refractivity contribution in [3.05, 3.63) is 100 Å². The molecule has 0 spiro atoms. The number of allylic oxidation sites excluding steroid dienone is 1. The summed E-state index contributed by atoms with van der Waals surface area (Å²) in [5, 5.41) is 11.9. The minimum absolute atomic E-state index is 0.209. The number of rotatable bonds is 10. The van der Waals surface area contributed by atoms with Crippen molar-refractivity contribution in [1.82, 2.24) is 14.8 Å². The summed E-state index contributed by atoms with van der Waals surface area (Å²) in [6, 6.07) is 21.2. The lowest BCUT2D eigenvalue weighted by Crippen LogP contribution is -2.31. The van der Waals surface area contributed by atoms with E-state index >= 15 is 0 Å². The van der Waals surface area contributed by atoms with Gasteiger partial charge in [-0.15, -0.1) is 5.10 Å². The van der Waals surface area contributed by atoms with Gasteiger partial charge in [0.1, 0.15) is 12.6 Å². The van der Waals surface area contributed by atoms with Gasteiger partial charge in [0, 0.05) is 17.1 Å². The van der Waals surface area contributed by atoms with Crippen LogP contribution in [0.4, 0.5) is 11.6 Å². The molecule has 1 amide bonds. The Hall–Kier alpha value is -4.24. The Morgan fingerprint density at radius 2 is 1.85 bits per heavy atom. The molecule has 2 N–H and O–H groups in total. The average molecular weight is 570 g/mol. The molecular formula is C32H35N5O3S. The van der Waals surface area contributed by atoms with Crippen LogP contribution in [0.25, 0.3) is 0 Å². The van der Waals surface area contributed by atoms with E-state index in [2.05, 4.69) is 23.6 Å². The van der Waals surface area contributed by atoms with Crippen LogP contribution < -0.4 is 20.1 Å². The van der Waals surface area contributed by atoms with Crippen LogP contribution in [-0.2, 0) is 11.4 Å². The molecule has 1 unspecified atom stereocenters. The number of nitrogens with zero attached hydrogens (tertiary/aromatic N) is 3. The fraction of sp³-hybridized carbons (Fsp3) is 0.281. The molecule has 0 saturated carbocycles. The number of carbonyl (C=O) groups is 1. The first-order valence-electron chi connectivity index (χ1n) is 13.7. The Labute approximate surface area is 245 Å². The number of ether oxygens (including phenoxy) is 2. The quantitative estimate of drug-likeness (QED) is 0.201. The fourth-order valence-electron chi connectivity index (χ4n) is 4.84. The molecule has 0 fully saturated rings. The monoisotopic (exact) mass is 569 g/mol. The molecular weight excluding hydrogens is 534 g/mol. The number of aromatic nitrogens is 3. The molecule has 5 rings (SSSR count). The zero-order valence-corrected chi connectivity index (χ0v) is 24.8. The van der Waals surface area contributed by atoms with E-state index in [1.54, 1.807) is 23.6 Å². The van der Waals surface area contributed by atoms with Crippen LogP contribution in [0.3, 0.4) is 0 Å². The lowest BCUT2D eigenvalue weighted by atomic mass is 9.94. The van der Waals surface area contributed by atoms with Gasteiger partial charge in [-0.05, 0) is 62.1 Å². The van der Waals surface area contributed by atoms with Gasteiger partial charge in [-0.3, -0.25) is 4.79 Å². The van der Waals surface area contributed by atoms with Crippen molar-refractivity contribution in [1.29, 1.82) is 0 Å². The number of amides is 1. The van der Waals surface area contributed by atoms with Gasteiger partial charge in [0.05, 0.1) is 12.7 Å². The third-order valence-corrected chi connectivity index (χ3v) is 7.93. The molecule has 4 aromatic rings. The first kappa shape index (κ1) is 28.3. The maximum Gasteiger partial charge on any atom is 0.255 e. The second-order valence-electron chi connectivity index (χ2n) is 10.0. The van der Waals surface area contributed by atoms with Crippen LogP contribution >= 0.6 is 11.8 Å². The second-order valence-corrected chi connectivity index (χ2v) is 11.1. The van der Waals surface area contributed by atoms with E-state index in [1.165, 1.54) is 0 Å². The predicted molar refractivity (Wildman–Crippen MR) is 164 cm³/mol. The highest BCUT2D eigenvalue weighted by atomic mass is 32.2. The highest BCUT2D eigenvalue weighted by molar-refractivity contribution is 7.99. The van der Waals surface area contributed by atoms with E-state index < -0.39 is 6.04 Å². The van der Waals surface area contributed by atoms with Gasteiger partial charge in [-0.25, -0.2) is 4.68 Å². The van der Waals surface area contributed by atoms with Crippen LogP contribution in [0.1, 0.15) is 48.6 Å². The molecule has 8 nitrogen and oxygen atoms in total. The molecule has 0 bridgehead atoms. The van der Waals surface area contributed by atoms with Gasteiger partial charge < -0.3 is 20.1 Å². The number of benzene rings is 3. The first-order valence-corrected chi connectivity index (χ1v) is 14.7. The van der Waals surface area contributed by atoms with E-state index in [4.69, 9.17) is 19.6 Å². The van der Waals surface area contributed by atoms with Crippen LogP contribution in [-0.4, -0.2) is 33.5 Å². The Morgan fingerprint density at radius 3 is 2.59 bits per heavy atom. The van der Waals surface area contributed by atoms with Gasteiger partial charge in [0.2, 0.25) is 11.1 Å². The van der Waals surface area contributed by atoms with E-state index in [0.29, 0.717) is 40.5 Å². The zero-order chi connectivity index (χ0) is 28.9. The third kappa shape index (κ3) is 6.25. The summed E-state index contributed by atoms with van der Waals surface area (Å²) in [6.07, 6.45) is 1.01. The number of aryl methyl sites for hydroxylation is 2. The normalized spacial score (nSPS) is 14.3. The predicted octanol–water partition coefficient (Wildman–Crippen LogP) is 6.91. The lowest BCUT2D eigenvalue weighted by Gasteiger charge is -2.29. The number of methoxy groups -OCH3 is 1. The highest BCUT2D eigenvalue weighted by Gasteiger charge is 2.35. The number of carbonyl (C=O) groups excluding carboxylic acids is 1. The number of nitrogens with one attached hydrogen (secondary N) is 2. The van der Waals surface area contributed by atoms with Gasteiger partial charge in [0.25, 0.3) is 5.91 Å². The van der Waals surface area contributed by atoms with Crippen molar-refractivity contribution in [3.8, 4) is 11.5 Å². The van der Waals surface area contributed by atoms with E-state index in [9.17, 15) is 4.79 Å². The summed E-state index contributed by atoms with van der Waals surface area (Å²) < 4.78 is 13.6. The number of thioether (sulfide) groups is 1. The summed E-state index contributed by atoms with van der Waals surface area (Å²) in [6.45, 7) is 8.46.